The zero-order valence-electron chi connectivity index (χ0n) is 16.0. The van der Waals surface area contributed by atoms with Crippen LogP contribution in [0.15, 0.2) is 42.5 Å². The van der Waals surface area contributed by atoms with Gasteiger partial charge in [-0.15, -0.1) is 0 Å². The molecule has 0 aliphatic heterocycles. The fraction of sp³-hybridized carbons (Fsp3) is 0.478. The number of halogens is 2. The minimum atomic E-state index is 0.402. The van der Waals surface area contributed by atoms with Gasteiger partial charge < -0.3 is 0 Å². The molecule has 27 heavy (non-hydrogen) atoms. The van der Waals surface area contributed by atoms with E-state index in [-0.39, 0.29) is 0 Å². The van der Waals surface area contributed by atoms with Crippen LogP contribution in [0.25, 0.3) is 0 Å². The molecule has 2 aromatic rings. The van der Waals surface area contributed by atoms with E-state index in [1.165, 1.54) is 31.2 Å². The molecule has 1 unspecified atom stereocenters. The summed E-state index contributed by atoms with van der Waals surface area (Å²) in [6, 6.07) is 15.1. The highest BCUT2D eigenvalue weighted by atomic mass is 35.5. The minimum absolute atomic E-state index is 0.402. The van der Waals surface area contributed by atoms with Crippen LogP contribution in [0.2, 0.25) is 10.0 Å². The van der Waals surface area contributed by atoms with Crippen LogP contribution in [0, 0.1) is 5.41 Å². The maximum absolute atomic E-state index is 6.10. The molecule has 1 atom stereocenters. The summed E-state index contributed by atoms with van der Waals surface area (Å²) in [7, 11) is 0. The molecule has 2 aliphatic carbocycles. The molecule has 1 N–H and O–H groups in total. The maximum atomic E-state index is 6.10. The van der Waals surface area contributed by atoms with Gasteiger partial charge in [-0.1, -0.05) is 79.3 Å². The van der Waals surface area contributed by atoms with E-state index < -0.39 is 0 Å². The Kier molecular flexibility index (Phi) is 5.55. The van der Waals surface area contributed by atoms with Gasteiger partial charge in [0, 0.05) is 17.7 Å². The molecule has 0 bridgehead atoms. The van der Waals surface area contributed by atoms with Crippen molar-refractivity contribution >= 4 is 35.1 Å². The van der Waals surface area contributed by atoms with Crippen LogP contribution >= 0.6 is 35.1 Å². The summed E-state index contributed by atoms with van der Waals surface area (Å²) < 4.78 is 3.55. The molecular weight excluding hydrogens is 393 g/mol. The normalized spacial score (nSPS) is 21.9. The van der Waals surface area contributed by atoms with Crippen molar-refractivity contribution < 1.29 is 0 Å². The second kappa shape index (κ2) is 7.63. The van der Waals surface area contributed by atoms with E-state index in [9.17, 15) is 0 Å². The largest absolute Gasteiger partial charge is 0.264 e. The first kappa shape index (κ1) is 19.6. The van der Waals surface area contributed by atoms with Gasteiger partial charge in [-0.25, -0.2) is 0 Å². The third kappa shape index (κ3) is 3.79. The zero-order chi connectivity index (χ0) is 19.1. The highest BCUT2D eigenvalue weighted by Crippen LogP contribution is 2.66. The van der Waals surface area contributed by atoms with Crippen molar-refractivity contribution in [2.24, 2.45) is 5.41 Å². The molecular formula is C23H27Cl2NS. The number of fused-ring (bicyclic) bond motifs is 2. The average molecular weight is 420 g/mol. The topological polar surface area (TPSA) is 12.0 Å². The number of hydrogen-bond acceptors (Lipinski definition) is 2. The Labute approximate surface area is 177 Å². The van der Waals surface area contributed by atoms with E-state index in [2.05, 4.69) is 42.8 Å². The van der Waals surface area contributed by atoms with Gasteiger partial charge in [0.05, 0.1) is 10.0 Å². The van der Waals surface area contributed by atoms with Crippen LogP contribution in [0.3, 0.4) is 0 Å². The molecule has 144 valence electrons. The zero-order valence-corrected chi connectivity index (χ0v) is 18.4. The molecule has 1 fully saturated rings. The van der Waals surface area contributed by atoms with Gasteiger partial charge in [0.1, 0.15) is 0 Å². The monoisotopic (exact) mass is 419 g/mol. The van der Waals surface area contributed by atoms with E-state index in [0.29, 0.717) is 26.8 Å². The van der Waals surface area contributed by atoms with Gasteiger partial charge in [0.25, 0.3) is 0 Å². The van der Waals surface area contributed by atoms with Crippen molar-refractivity contribution in [3.05, 3.63) is 69.2 Å². The summed E-state index contributed by atoms with van der Waals surface area (Å²) in [6.07, 6.45) is 5.21. The van der Waals surface area contributed by atoms with Gasteiger partial charge in [-0.05, 0) is 65.8 Å². The van der Waals surface area contributed by atoms with Gasteiger partial charge >= 0.3 is 0 Å². The van der Waals surface area contributed by atoms with Crippen LogP contribution in [-0.4, -0.2) is 6.54 Å². The van der Waals surface area contributed by atoms with Crippen LogP contribution in [0.1, 0.15) is 62.1 Å². The number of hydrogen-bond donors (Lipinski definition) is 1. The fourth-order valence-corrected chi connectivity index (χ4v) is 6.00. The lowest BCUT2D eigenvalue weighted by atomic mass is 9.59. The van der Waals surface area contributed by atoms with E-state index in [0.717, 1.165) is 12.3 Å². The summed E-state index contributed by atoms with van der Waals surface area (Å²) in [6.45, 7) is 5.98. The molecule has 4 rings (SSSR count). The molecule has 1 nitrogen and oxygen atoms in total. The van der Waals surface area contributed by atoms with Crippen LogP contribution in [0.5, 0.6) is 0 Å². The molecule has 2 aliphatic rings. The van der Waals surface area contributed by atoms with E-state index in [1.807, 2.05) is 18.2 Å². The summed E-state index contributed by atoms with van der Waals surface area (Å²) in [4.78, 5) is 0. The molecule has 0 radical (unpaired) electrons. The van der Waals surface area contributed by atoms with Crippen molar-refractivity contribution in [3.8, 4) is 0 Å². The number of benzene rings is 2. The first-order valence-electron chi connectivity index (χ1n) is 9.81. The predicted molar refractivity (Wildman–Crippen MR) is 119 cm³/mol. The maximum Gasteiger partial charge on any atom is 0.0595 e. The molecule has 1 saturated carbocycles. The van der Waals surface area contributed by atoms with Crippen molar-refractivity contribution in [1.29, 1.82) is 0 Å². The summed E-state index contributed by atoms with van der Waals surface area (Å²) in [5.74, 6) is 1.55. The standard InChI is InChI=1S/C23H27Cl2NS/c1-22(2)14-17(18-5-3-4-6-19(18)23(22)10-11-23)9-12-26-27-15-16-7-8-20(24)21(25)13-16/h3-8,13,17,26H,9-12,14-15H2,1-2H3. The lowest BCUT2D eigenvalue weighted by molar-refractivity contribution is 0.197. The van der Waals surface area contributed by atoms with Gasteiger partial charge in [-0.2, -0.15) is 0 Å². The SMILES string of the molecule is CC1(C)CC(CCNSCc2ccc(Cl)c(Cl)c2)c2ccccc2C12CC2. The molecule has 0 aromatic heterocycles. The van der Waals surface area contributed by atoms with E-state index >= 15 is 0 Å². The van der Waals surface area contributed by atoms with Crippen molar-refractivity contribution in [3.63, 3.8) is 0 Å². The Morgan fingerprint density at radius 2 is 1.85 bits per heavy atom. The third-order valence-electron chi connectivity index (χ3n) is 6.64. The molecule has 4 heteroatoms. The van der Waals surface area contributed by atoms with Gasteiger partial charge in [0.15, 0.2) is 0 Å². The first-order valence-corrected chi connectivity index (χ1v) is 11.6. The van der Waals surface area contributed by atoms with Gasteiger partial charge in [-0.3, -0.25) is 4.72 Å². The highest BCUT2D eigenvalue weighted by Gasteiger charge is 2.58. The molecule has 2 aromatic carbocycles. The summed E-state index contributed by atoms with van der Waals surface area (Å²) >= 11 is 13.8. The van der Waals surface area contributed by atoms with E-state index in [4.69, 9.17) is 23.2 Å². The van der Waals surface area contributed by atoms with Crippen LogP contribution in [0.4, 0.5) is 0 Å². The van der Waals surface area contributed by atoms with Crippen LogP contribution < -0.4 is 4.72 Å². The third-order valence-corrected chi connectivity index (χ3v) is 8.26. The van der Waals surface area contributed by atoms with Crippen molar-refractivity contribution in [2.75, 3.05) is 6.54 Å². The Bertz CT molecular complexity index is 829. The Balaban J connectivity index is 1.34. The summed E-state index contributed by atoms with van der Waals surface area (Å²) in [5.41, 5.74) is 5.29. The molecule has 1 spiro atoms. The molecule has 0 saturated heterocycles. The minimum Gasteiger partial charge on any atom is -0.264 e. The molecule has 0 amide bonds. The number of rotatable bonds is 6. The fourth-order valence-electron chi connectivity index (χ4n) is 4.97. The molecule has 0 heterocycles. The Hall–Kier alpha value is -0.670. The summed E-state index contributed by atoms with van der Waals surface area (Å²) in [5, 5.41) is 1.25. The smallest absolute Gasteiger partial charge is 0.0595 e. The first-order chi connectivity index (χ1) is 12.9. The predicted octanol–water partition coefficient (Wildman–Crippen LogP) is 7.37. The average Bonchev–Trinajstić information content (AvgIpc) is 3.45. The Morgan fingerprint density at radius 1 is 1.07 bits per heavy atom. The quantitative estimate of drug-likeness (QED) is 0.387. The van der Waals surface area contributed by atoms with Crippen molar-refractivity contribution in [1.82, 2.24) is 4.72 Å². The second-order valence-electron chi connectivity index (χ2n) is 8.67. The highest BCUT2D eigenvalue weighted by molar-refractivity contribution is 7.96. The second-order valence-corrected chi connectivity index (χ2v) is 10.4. The van der Waals surface area contributed by atoms with Crippen LogP contribution in [-0.2, 0) is 11.2 Å². The lowest BCUT2D eigenvalue weighted by Gasteiger charge is -2.45. The number of nitrogens with one attached hydrogen (secondary N) is 1. The van der Waals surface area contributed by atoms with Crippen molar-refractivity contribution in [2.45, 2.75) is 56.6 Å². The Morgan fingerprint density at radius 3 is 2.59 bits per heavy atom. The van der Waals surface area contributed by atoms with Gasteiger partial charge in [0.2, 0.25) is 0 Å². The lowest BCUT2D eigenvalue weighted by Crippen LogP contribution is -2.37. The van der Waals surface area contributed by atoms with E-state index in [1.54, 1.807) is 23.1 Å².